The molecule has 38 heavy (non-hydrogen) atoms. The summed E-state index contributed by atoms with van der Waals surface area (Å²) in [5.41, 5.74) is 3.49. The number of fused-ring (bicyclic) bond motifs is 2. The van der Waals surface area contributed by atoms with Crippen molar-refractivity contribution < 1.29 is 13.5 Å². The summed E-state index contributed by atoms with van der Waals surface area (Å²) in [6.07, 6.45) is 5.62. The van der Waals surface area contributed by atoms with E-state index >= 15 is 4.39 Å². The molecule has 1 atom stereocenters. The summed E-state index contributed by atoms with van der Waals surface area (Å²) in [6.45, 7) is 9.85. The molecule has 0 saturated carbocycles. The van der Waals surface area contributed by atoms with Gasteiger partial charge in [-0.3, -0.25) is 8.97 Å². The standard InChI is InChI=1S/C28H25FN6O3/c1-30-20-8-6-18(7-9-20)24-23(19-13-21(29)25-22(14-19)38-28(36)34(25)3)26-31-10-12-35(26)27(32-24)37-16-17-5-4-11-33(2)15-17/h6-10,12-14,17H,4-5,11,15-16H2,2-3H3/t17-/m1/s1. The van der Waals surface area contributed by atoms with Crippen LogP contribution in [0.4, 0.5) is 10.1 Å². The molecule has 0 aliphatic carbocycles. The minimum absolute atomic E-state index is 0.0893. The lowest BCUT2D eigenvalue weighted by Gasteiger charge is -2.29. The van der Waals surface area contributed by atoms with E-state index in [9.17, 15) is 4.79 Å². The molecule has 5 aromatic rings. The summed E-state index contributed by atoms with van der Waals surface area (Å²) in [4.78, 5) is 27.3. The Morgan fingerprint density at radius 2 is 2.03 bits per heavy atom. The van der Waals surface area contributed by atoms with Crippen LogP contribution in [0.25, 0.3) is 44.0 Å². The van der Waals surface area contributed by atoms with E-state index in [1.54, 1.807) is 47.1 Å². The maximum Gasteiger partial charge on any atom is 0.419 e. The molecule has 1 aliphatic rings. The Bertz CT molecular complexity index is 1760. The van der Waals surface area contributed by atoms with Gasteiger partial charge in [-0.15, -0.1) is 0 Å². The number of benzene rings is 2. The zero-order chi connectivity index (χ0) is 26.4. The molecule has 0 spiro atoms. The third-order valence-corrected chi connectivity index (χ3v) is 7.08. The zero-order valence-corrected chi connectivity index (χ0v) is 21.0. The maximum absolute atomic E-state index is 15.3. The van der Waals surface area contributed by atoms with Gasteiger partial charge in [0.05, 0.1) is 24.4 Å². The van der Waals surface area contributed by atoms with E-state index in [1.807, 2.05) is 0 Å². The van der Waals surface area contributed by atoms with Gasteiger partial charge in [0.1, 0.15) is 5.52 Å². The molecule has 0 radical (unpaired) electrons. The molecule has 0 N–H and O–H groups in total. The minimum atomic E-state index is -0.646. The van der Waals surface area contributed by atoms with Crippen molar-refractivity contribution in [1.29, 1.82) is 0 Å². The highest BCUT2D eigenvalue weighted by Gasteiger charge is 2.24. The molecule has 9 nitrogen and oxygen atoms in total. The number of halogens is 1. The van der Waals surface area contributed by atoms with Crippen LogP contribution in [0.3, 0.4) is 0 Å². The lowest BCUT2D eigenvalue weighted by atomic mass is 9.99. The predicted octanol–water partition coefficient (Wildman–Crippen LogP) is 4.92. The number of piperidine rings is 1. The molecule has 1 saturated heterocycles. The maximum atomic E-state index is 15.3. The number of aromatic nitrogens is 4. The van der Waals surface area contributed by atoms with Crippen molar-refractivity contribution >= 4 is 22.4 Å². The van der Waals surface area contributed by atoms with Gasteiger partial charge in [0.15, 0.2) is 22.7 Å². The van der Waals surface area contributed by atoms with Gasteiger partial charge in [0.25, 0.3) is 0 Å². The third-order valence-electron chi connectivity index (χ3n) is 7.08. The van der Waals surface area contributed by atoms with Gasteiger partial charge in [-0.2, -0.15) is 4.98 Å². The van der Waals surface area contributed by atoms with Crippen molar-refractivity contribution in [3.63, 3.8) is 0 Å². The van der Waals surface area contributed by atoms with E-state index in [0.29, 0.717) is 46.7 Å². The van der Waals surface area contributed by atoms with Crippen LogP contribution in [0.2, 0.25) is 0 Å². The fourth-order valence-electron chi connectivity index (χ4n) is 5.20. The van der Waals surface area contributed by atoms with Gasteiger partial charge < -0.3 is 14.1 Å². The van der Waals surface area contributed by atoms with Crippen molar-refractivity contribution in [2.45, 2.75) is 12.8 Å². The van der Waals surface area contributed by atoms with Crippen LogP contribution >= 0.6 is 0 Å². The first-order valence-corrected chi connectivity index (χ1v) is 12.4. The monoisotopic (exact) mass is 512 g/mol. The smallest absolute Gasteiger partial charge is 0.419 e. The molecule has 2 aromatic carbocycles. The van der Waals surface area contributed by atoms with Crippen molar-refractivity contribution in [2.24, 2.45) is 13.0 Å². The zero-order valence-electron chi connectivity index (χ0n) is 21.0. The Labute approximate surface area is 217 Å². The Morgan fingerprint density at radius 1 is 1.21 bits per heavy atom. The number of oxazole rings is 1. The lowest BCUT2D eigenvalue weighted by Crippen LogP contribution is -2.35. The van der Waals surface area contributed by atoms with Gasteiger partial charge in [-0.1, -0.05) is 24.3 Å². The Morgan fingerprint density at radius 3 is 2.79 bits per heavy atom. The van der Waals surface area contributed by atoms with E-state index in [0.717, 1.165) is 36.1 Å². The summed E-state index contributed by atoms with van der Waals surface area (Å²) < 4.78 is 29.7. The molecule has 0 amide bonds. The summed E-state index contributed by atoms with van der Waals surface area (Å²) in [5.74, 6) is -0.855. The highest BCUT2D eigenvalue weighted by Crippen LogP contribution is 2.38. The van der Waals surface area contributed by atoms with Gasteiger partial charge in [-0.05, 0) is 49.7 Å². The topological polar surface area (TPSA) is 82.2 Å². The van der Waals surface area contributed by atoms with Crippen molar-refractivity contribution in [3.05, 3.63) is 76.6 Å². The number of rotatable bonds is 5. The Kier molecular flexibility index (Phi) is 5.93. The fourth-order valence-corrected chi connectivity index (χ4v) is 5.20. The molecule has 10 heteroatoms. The fraction of sp³-hybridized carbons (Fsp3) is 0.286. The van der Waals surface area contributed by atoms with Crippen LogP contribution in [0, 0.1) is 18.3 Å². The first-order valence-electron chi connectivity index (χ1n) is 12.4. The molecule has 0 bridgehead atoms. The highest BCUT2D eigenvalue weighted by atomic mass is 19.1. The lowest BCUT2D eigenvalue weighted by molar-refractivity contribution is 0.143. The molecule has 6 rings (SSSR count). The molecule has 1 aliphatic heterocycles. The predicted molar refractivity (Wildman–Crippen MR) is 141 cm³/mol. The van der Waals surface area contributed by atoms with Gasteiger partial charge in [0.2, 0.25) is 0 Å². The van der Waals surface area contributed by atoms with E-state index in [4.69, 9.17) is 20.7 Å². The van der Waals surface area contributed by atoms with Gasteiger partial charge >= 0.3 is 11.8 Å². The average Bonchev–Trinajstić information content (AvgIpc) is 3.51. The van der Waals surface area contributed by atoms with Crippen LogP contribution in [-0.4, -0.2) is 50.6 Å². The van der Waals surface area contributed by atoms with Crippen LogP contribution < -0.4 is 10.5 Å². The van der Waals surface area contributed by atoms with Crippen molar-refractivity contribution in [2.75, 3.05) is 26.7 Å². The molecule has 3 aromatic heterocycles. The van der Waals surface area contributed by atoms with Crippen LogP contribution in [0.15, 0.2) is 58.0 Å². The van der Waals surface area contributed by atoms with E-state index in [-0.39, 0.29) is 11.1 Å². The van der Waals surface area contributed by atoms with Gasteiger partial charge in [0, 0.05) is 31.9 Å². The quantitative estimate of drug-likeness (QED) is 0.311. The number of hydrogen-bond donors (Lipinski definition) is 0. The average molecular weight is 513 g/mol. The number of hydrogen-bond acceptors (Lipinski definition) is 6. The molecule has 4 heterocycles. The summed E-state index contributed by atoms with van der Waals surface area (Å²) in [5, 5.41) is 0. The van der Waals surface area contributed by atoms with Crippen LogP contribution in [-0.2, 0) is 7.05 Å². The first-order chi connectivity index (χ1) is 18.4. The van der Waals surface area contributed by atoms with Crippen molar-refractivity contribution in [3.8, 4) is 28.4 Å². The summed E-state index contributed by atoms with van der Waals surface area (Å²) in [6, 6.07) is 10.4. The molecular weight excluding hydrogens is 487 g/mol. The second kappa shape index (κ2) is 9.43. The Hall–Kier alpha value is -4.49. The first kappa shape index (κ1) is 23.9. The van der Waals surface area contributed by atoms with Crippen LogP contribution in [0.1, 0.15) is 12.8 Å². The SMILES string of the molecule is [C-]#[N+]c1ccc(-c2nc(OC[C@@H]3CCCN(C)C3)n3ccnc3c2-c2cc(F)c3c(c2)oc(=O)n3C)cc1. The van der Waals surface area contributed by atoms with Crippen molar-refractivity contribution in [1.82, 2.24) is 23.8 Å². The summed E-state index contributed by atoms with van der Waals surface area (Å²) in [7, 11) is 3.58. The van der Waals surface area contributed by atoms with Gasteiger partial charge in [-0.25, -0.2) is 19.0 Å². The molecule has 0 unspecified atom stereocenters. The van der Waals surface area contributed by atoms with E-state index in [2.05, 4.69) is 21.8 Å². The Balaban J connectivity index is 1.53. The number of ether oxygens (including phenoxy) is 1. The summed E-state index contributed by atoms with van der Waals surface area (Å²) >= 11 is 0. The number of likely N-dealkylation sites (tertiary alicyclic amines) is 1. The largest absolute Gasteiger partial charge is 0.464 e. The number of imidazole rings is 1. The van der Waals surface area contributed by atoms with E-state index in [1.165, 1.54) is 13.1 Å². The van der Waals surface area contributed by atoms with Crippen LogP contribution in [0.5, 0.6) is 6.01 Å². The third kappa shape index (κ3) is 4.11. The highest BCUT2D eigenvalue weighted by molar-refractivity contribution is 5.93. The van der Waals surface area contributed by atoms with E-state index < -0.39 is 11.6 Å². The number of aryl methyl sites for hydroxylation is 1. The normalized spacial score (nSPS) is 16.2. The molecular formula is C28H25FN6O3. The molecule has 1 fully saturated rings. The molecule has 192 valence electrons. The number of nitrogens with zero attached hydrogens (tertiary/aromatic N) is 6. The minimum Gasteiger partial charge on any atom is -0.464 e. The second-order valence-electron chi connectivity index (χ2n) is 9.71. The second-order valence-corrected chi connectivity index (χ2v) is 9.71.